The van der Waals surface area contributed by atoms with Crippen molar-refractivity contribution in [3.63, 3.8) is 0 Å². The highest BCUT2D eigenvalue weighted by molar-refractivity contribution is 5.03. The normalized spacial score (nSPS) is 47.6. The Morgan fingerprint density at radius 1 is 1.20 bits per heavy atom. The summed E-state index contributed by atoms with van der Waals surface area (Å²) in [5, 5.41) is 3.64. The van der Waals surface area contributed by atoms with Gasteiger partial charge in [-0.2, -0.15) is 0 Å². The largest absolute Gasteiger partial charge is 0.316 e. The summed E-state index contributed by atoms with van der Waals surface area (Å²) in [6.45, 7) is 7.56. The lowest BCUT2D eigenvalue weighted by Gasteiger charge is -2.56. The molecule has 1 heterocycles. The predicted molar refractivity (Wildman–Crippen MR) is 63.7 cm³/mol. The summed E-state index contributed by atoms with van der Waals surface area (Å²) in [4.78, 5) is 0. The molecule has 0 aromatic heterocycles. The van der Waals surface area contributed by atoms with Crippen molar-refractivity contribution in [1.29, 1.82) is 0 Å². The highest BCUT2D eigenvalue weighted by Crippen LogP contribution is 2.57. The van der Waals surface area contributed by atoms with Crippen molar-refractivity contribution in [3.05, 3.63) is 0 Å². The van der Waals surface area contributed by atoms with Crippen molar-refractivity contribution in [2.75, 3.05) is 13.1 Å². The molecule has 1 saturated heterocycles. The quantitative estimate of drug-likeness (QED) is 0.734. The Morgan fingerprint density at radius 3 is 2.53 bits per heavy atom. The Hall–Kier alpha value is -0.0400. The van der Waals surface area contributed by atoms with E-state index < -0.39 is 0 Å². The zero-order valence-electron chi connectivity index (χ0n) is 10.3. The van der Waals surface area contributed by atoms with E-state index in [1.165, 1.54) is 45.2 Å². The maximum Gasteiger partial charge on any atom is 0.00108 e. The second-order valence-corrected chi connectivity index (χ2v) is 6.64. The van der Waals surface area contributed by atoms with Gasteiger partial charge in [-0.1, -0.05) is 13.8 Å². The van der Waals surface area contributed by atoms with Gasteiger partial charge in [0.1, 0.15) is 0 Å². The maximum absolute atomic E-state index is 3.64. The van der Waals surface area contributed by atoms with Gasteiger partial charge in [-0.25, -0.2) is 0 Å². The minimum absolute atomic E-state index is 0.722. The second kappa shape index (κ2) is 3.48. The number of rotatable bonds is 2. The van der Waals surface area contributed by atoms with Crippen LogP contribution in [-0.4, -0.2) is 13.1 Å². The second-order valence-electron chi connectivity index (χ2n) is 6.64. The SMILES string of the molecule is CC1CC2(CNCCC2C(C)C2CC2)C1. The van der Waals surface area contributed by atoms with Gasteiger partial charge >= 0.3 is 0 Å². The van der Waals surface area contributed by atoms with Crippen molar-refractivity contribution < 1.29 is 0 Å². The molecule has 1 heteroatoms. The molecule has 0 aromatic carbocycles. The summed E-state index contributed by atoms with van der Waals surface area (Å²) in [7, 11) is 0. The van der Waals surface area contributed by atoms with Gasteiger partial charge in [-0.15, -0.1) is 0 Å². The number of nitrogens with one attached hydrogen (secondary N) is 1. The molecule has 2 saturated carbocycles. The molecule has 2 aliphatic carbocycles. The number of piperidine rings is 1. The minimum atomic E-state index is 0.722. The van der Waals surface area contributed by atoms with E-state index in [9.17, 15) is 0 Å². The molecule has 86 valence electrons. The molecule has 1 nitrogen and oxygen atoms in total. The van der Waals surface area contributed by atoms with E-state index in [4.69, 9.17) is 0 Å². The van der Waals surface area contributed by atoms with E-state index in [0.29, 0.717) is 0 Å². The van der Waals surface area contributed by atoms with Crippen LogP contribution in [-0.2, 0) is 0 Å². The first-order valence-corrected chi connectivity index (χ1v) is 6.92. The van der Waals surface area contributed by atoms with E-state index in [1.54, 1.807) is 0 Å². The van der Waals surface area contributed by atoms with E-state index in [2.05, 4.69) is 19.2 Å². The van der Waals surface area contributed by atoms with Crippen LogP contribution in [0.15, 0.2) is 0 Å². The van der Waals surface area contributed by atoms with Crippen LogP contribution in [0.1, 0.15) is 46.0 Å². The van der Waals surface area contributed by atoms with E-state index in [-0.39, 0.29) is 0 Å². The predicted octanol–water partition coefficient (Wildman–Crippen LogP) is 3.06. The Balaban J connectivity index is 1.72. The molecule has 0 radical (unpaired) electrons. The molecule has 2 atom stereocenters. The summed E-state index contributed by atoms with van der Waals surface area (Å²) in [6.07, 6.45) is 7.50. The summed E-state index contributed by atoms with van der Waals surface area (Å²) < 4.78 is 0. The lowest BCUT2D eigenvalue weighted by molar-refractivity contribution is -0.0489. The molecular formula is C14H25N. The minimum Gasteiger partial charge on any atom is -0.316 e. The van der Waals surface area contributed by atoms with Gasteiger partial charge in [-0.3, -0.25) is 0 Å². The molecule has 0 bridgehead atoms. The van der Waals surface area contributed by atoms with Gasteiger partial charge in [0.05, 0.1) is 0 Å². The van der Waals surface area contributed by atoms with E-state index in [1.807, 2.05) is 0 Å². The van der Waals surface area contributed by atoms with Gasteiger partial charge in [0.25, 0.3) is 0 Å². The van der Waals surface area contributed by atoms with Crippen LogP contribution in [0.2, 0.25) is 0 Å². The van der Waals surface area contributed by atoms with E-state index >= 15 is 0 Å². The van der Waals surface area contributed by atoms with Crippen LogP contribution < -0.4 is 5.32 Å². The molecule has 3 fully saturated rings. The average Bonchev–Trinajstić information content (AvgIpc) is 2.99. The lowest BCUT2D eigenvalue weighted by atomic mass is 9.52. The van der Waals surface area contributed by atoms with Crippen molar-refractivity contribution in [3.8, 4) is 0 Å². The van der Waals surface area contributed by atoms with Crippen molar-refractivity contribution in [2.45, 2.75) is 46.0 Å². The summed E-state index contributed by atoms with van der Waals surface area (Å²) in [5.74, 6) is 4.15. The summed E-state index contributed by atoms with van der Waals surface area (Å²) in [6, 6.07) is 0. The number of hydrogen-bond donors (Lipinski definition) is 1. The Labute approximate surface area is 94.0 Å². The molecule has 3 rings (SSSR count). The lowest BCUT2D eigenvalue weighted by Crippen LogP contribution is -2.55. The molecule has 2 unspecified atom stereocenters. The fourth-order valence-electron chi connectivity index (χ4n) is 4.58. The smallest absolute Gasteiger partial charge is 0.00108 e. The molecule has 15 heavy (non-hydrogen) atoms. The van der Waals surface area contributed by atoms with Crippen LogP contribution in [0.25, 0.3) is 0 Å². The third-order valence-corrected chi connectivity index (χ3v) is 5.41. The molecular weight excluding hydrogens is 182 g/mol. The zero-order chi connectivity index (χ0) is 10.5. The molecule has 0 aromatic rings. The standard InChI is InChI=1S/C14H25N/c1-10-7-14(8-10)9-15-6-5-13(14)11(2)12-3-4-12/h10-13,15H,3-9H2,1-2H3. The zero-order valence-corrected chi connectivity index (χ0v) is 10.3. The van der Waals surface area contributed by atoms with Crippen LogP contribution >= 0.6 is 0 Å². The van der Waals surface area contributed by atoms with Gasteiger partial charge in [0, 0.05) is 6.54 Å². The average molecular weight is 207 g/mol. The fourth-order valence-corrected chi connectivity index (χ4v) is 4.58. The van der Waals surface area contributed by atoms with Crippen LogP contribution in [0.4, 0.5) is 0 Å². The topological polar surface area (TPSA) is 12.0 Å². The van der Waals surface area contributed by atoms with Gasteiger partial charge in [0.15, 0.2) is 0 Å². The summed E-state index contributed by atoms with van der Waals surface area (Å²) >= 11 is 0. The van der Waals surface area contributed by atoms with Gasteiger partial charge < -0.3 is 5.32 Å². The number of hydrogen-bond acceptors (Lipinski definition) is 1. The molecule has 0 amide bonds. The molecule has 3 aliphatic rings. The summed E-state index contributed by atoms with van der Waals surface area (Å²) in [5.41, 5.74) is 0.722. The molecule has 1 aliphatic heterocycles. The van der Waals surface area contributed by atoms with Crippen molar-refractivity contribution >= 4 is 0 Å². The first-order chi connectivity index (χ1) is 7.21. The van der Waals surface area contributed by atoms with Gasteiger partial charge in [0.2, 0.25) is 0 Å². The highest BCUT2D eigenvalue weighted by Gasteiger charge is 2.52. The van der Waals surface area contributed by atoms with Crippen LogP contribution in [0.3, 0.4) is 0 Å². The Kier molecular flexibility index (Phi) is 2.35. The first-order valence-electron chi connectivity index (χ1n) is 6.92. The third kappa shape index (κ3) is 1.63. The van der Waals surface area contributed by atoms with E-state index in [0.717, 1.165) is 29.1 Å². The van der Waals surface area contributed by atoms with Crippen LogP contribution in [0.5, 0.6) is 0 Å². The first kappa shape index (κ1) is 10.1. The molecule has 1 N–H and O–H groups in total. The van der Waals surface area contributed by atoms with Gasteiger partial charge in [-0.05, 0) is 67.7 Å². The third-order valence-electron chi connectivity index (χ3n) is 5.41. The van der Waals surface area contributed by atoms with Crippen molar-refractivity contribution in [1.82, 2.24) is 5.32 Å². The highest BCUT2D eigenvalue weighted by atomic mass is 14.9. The monoisotopic (exact) mass is 207 g/mol. The molecule has 1 spiro atoms. The van der Waals surface area contributed by atoms with Crippen LogP contribution in [0, 0.1) is 29.1 Å². The Bertz CT molecular complexity index is 232. The fraction of sp³-hybridized carbons (Fsp3) is 1.00. The maximum atomic E-state index is 3.64. The van der Waals surface area contributed by atoms with Crippen molar-refractivity contribution in [2.24, 2.45) is 29.1 Å². The Morgan fingerprint density at radius 2 is 1.93 bits per heavy atom.